The van der Waals surface area contributed by atoms with E-state index in [2.05, 4.69) is 41.2 Å². The van der Waals surface area contributed by atoms with Gasteiger partial charge in [-0.2, -0.15) is 5.26 Å². The molecule has 2 heterocycles. The summed E-state index contributed by atoms with van der Waals surface area (Å²) in [5.74, 6) is 0.390. The molecule has 1 fully saturated rings. The van der Waals surface area contributed by atoms with Crippen LogP contribution in [0.5, 0.6) is 0 Å². The molecule has 1 saturated carbocycles. The number of thiazole rings is 1. The van der Waals surface area contributed by atoms with Gasteiger partial charge in [0.05, 0.1) is 23.3 Å². The molecule has 1 aliphatic carbocycles. The van der Waals surface area contributed by atoms with Crippen LogP contribution in [0.4, 0.5) is 0 Å². The summed E-state index contributed by atoms with van der Waals surface area (Å²) >= 11 is 6.08. The second-order valence-electron chi connectivity index (χ2n) is 6.93. The Labute approximate surface area is 162 Å². The normalized spacial score (nSPS) is 22.2. The molecule has 1 atom stereocenters. The minimum Gasteiger partial charge on any atom is -0.387 e. The average Bonchev–Trinajstić information content (AvgIpc) is 3.12. The number of rotatable bonds is 2. The molecule has 132 valence electrons. The summed E-state index contributed by atoms with van der Waals surface area (Å²) < 4.78 is 0. The fraction of sp³-hybridized carbons (Fsp3) is 0.350. The lowest BCUT2D eigenvalue weighted by atomic mass is 9.61. The van der Waals surface area contributed by atoms with Gasteiger partial charge in [-0.3, -0.25) is 0 Å². The quantitative estimate of drug-likeness (QED) is 0.729. The first kappa shape index (κ1) is 17.3. The van der Waals surface area contributed by atoms with Gasteiger partial charge in [0.25, 0.3) is 0 Å². The van der Waals surface area contributed by atoms with Crippen molar-refractivity contribution in [1.82, 2.24) is 4.98 Å². The first-order valence-corrected chi connectivity index (χ1v) is 10.2. The molecule has 1 aromatic carbocycles. The molecule has 1 spiro atoms. The fourth-order valence-electron chi connectivity index (χ4n) is 4.30. The molecule has 26 heavy (non-hydrogen) atoms. The predicted molar refractivity (Wildman–Crippen MR) is 109 cm³/mol. The zero-order valence-corrected chi connectivity index (χ0v) is 16.1. The van der Waals surface area contributed by atoms with Crippen molar-refractivity contribution in [3.63, 3.8) is 0 Å². The van der Waals surface area contributed by atoms with Crippen LogP contribution in [0.1, 0.15) is 43.0 Å². The van der Waals surface area contributed by atoms with Crippen molar-refractivity contribution < 1.29 is 0 Å². The van der Waals surface area contributed by atoms with Gasteiger partial charge in [0.1, 0.15) is 15.9 Å². The lowest BCUT2D eigenvalue weighted by Gasteiger charge is -2.44. The van der Waals surface area contributed by atoms with Crippen LogP contribution in [-0.4, -0.2) is 10.8 Å². The third-order valence-electron chi connectivity index (χ3n) is 5.50. The number of hydrogen-bond acceptors (Lipinski definition) is 6. The molecule has 0 saturated heterocycles. The van der Waals surface area contributed by atoms with E-state index in [0.717, 1.165) is 41.9 Å². The Balaban J connectivity index is 1.81. The van der Waals surface area contributed by atoms with Crippen LogP contribution in [0, 0.1) is 16.7 Å². The zero-order chi connectivity index (χ0) is 18.1. The van der Waals surface area contributed by atoms with E-state index in [1.54, 1.807) is 11.3 Å². The van der Waals surface area contributed by atoms with E-state index in [4.69, 9.17) is 10.7 Å². The van der Waals surface area contributed by atoms with E-state index >= 15 is 0 Å². The third-order valence-corrected chi connectivity index (χ3v) is 6.73. The summed E-state index contributed by atoms with van der Waals surface area (Å²) in [4.78, 5) is 9.31. The summed E-state index contributed by atoms with van der Waals surface area (Å²) in [5, 5.41) is 13.3. The summed E-state index contributed by atoms with van der Waals surface area (Å²) in [7, 11) is 0. The standard InChI is InChI=1S/C20H20N4S2/c21-11-14-18(25)24-17(22)16(20(14)9-5-2-6-10-20)19-23-15(12-26-19)13-7-3-1-4-8-13/h1,3-4,7-8,12,16,25H,2,5-6,9-10H2,(H2,22,24)/t16-/m0/s1. The lowest BCUT2D eigenvalue weighted by molar-refractivity contribution is 0.224. The minimum absolute atomic E-state index is 0.143. The van der Waals surface area contributed by atoms with Gasteiger partial charge in [0.2, 0.25) is 0 Å². The van der Waals surface area contributed by atoms with Crippen LogP contribution in [0.15, 0.2) is 51.3 Å². The largest absolute Gasteiger partial charge is 0.387 e. The van der Waals surface area contributed by atoms with Crippen LogP contribution < -0.4 is 5.73 Å². The molecule has 4 rings (SSSR count). The van der Waals surface area contributed by atoms with Gasteiger partial charge in [-0.1, -0.05) is 49.6 Å². The number of aliphatic imine (C=N–C) groups is 1. The molecule has 1 aromatic heterocycles. The SMILES string of the molecule is N#CC1=C(S)N=C(N)[C@@H](c2nc(-c3ccccc3)cs2)C12CCCCC2. The van der Waals surface area contributed by atoms with E-state index in [9.17, 15) is 5.26 Å². The van der Waals surface area contributed by atoms with E-state index < -0.39 is 0 Å². The smallest absolute Gasteiger partial charge is 0.111 e. The second kappa shape index (κ2) is 6.90. The number of benzene rings is 1. The highest BCUT2D eigenvalue weighted by atomic mass is 32.1. The Morgan fingerprint density at radius 2 is 1.92 bits per heavy atom. The number of amidine groups is 1. The monoisotopic (exact) mass is 380 g/mol. The van der Waals surface area contributed by atoms with Crippen molar-refractivity contribution in [2.75, 3.05) is 0 Å². The molecule has 0 unspecified atom stereocenters. The van der Waals surface area contributed by atoms with Crippen LogP contribution in [0.25, 0.3) is 11.3 Å². The van der Waals surface area contributed by atoms with Crippen LogP contribution in [-0.2, 0) is 0 Å². The van der Waals surface area contributed by atoms with Crippen molar-refractivity contribution in [2.24, 2.45) is 16.1 Å². The highest BCUT2D eigenvalue weighted by molar-refractivity contribution is 7.84. The lowest BCUT2D eigenvalue weighted by Crippen LogP contribution is -2.43. The van der Waals surface area contributed by atoms with E-state index in [1.807, 2.05) is 18.2 Å². The number of aromatic nitrogens is 1. The van der Waals surface area contributed by atoms with Gasteiger partial charge in [-0.05, 0) is 12.8 Å². The van der Waals surface area contributed by atoms with E-state index in [0.29, 0.717) is 16.4 Å². The maximum Gasteiger partial charge on any atom is 0.111 e. The molecule has 0 radical (unpaired) electrons. The van der Waals surface area contributed by atoms with Gasteiger partial charge in [0.15, 0.2) is 0 Å². The van der Waals surface area contributed by atoms with Gasteiger partial charge in [-0.25, -0.2) is 9.98 Å². The Kier molecular flexibility index (Phi) is 4.60. The molecular weight excluding hydrogens is 360 g/mol. The third kappa shape index (κ3) is 2.76. The number of allylic oxidation sites excluding steroid dienone is 1. The summed E-state index contributed by atoms with van der Waals surface area (Å²) in [6, 6.07) is 12.5. The summed E-state index contributed by atoms with van der Waals surface area (Å²) in [6.07, 6.45) is 5.24. The fourth-order valence-corrected chi connectivity index (χ4v) is 5.74. The molecule has 2 N–H and O–H groups in total. The maximum atomic E-state index is 9.83. The van der Waals surface area contributed by atoms with Crippen LogP contribution >= 0.6 is 24.0 Å². The topological polar surface area (TPSA) is 75.1 Å². The Bertz CT molecular complexity index is 915. The van der Waals surface area contributed by atoms with Crippen LogP contribution in [0.3, 0.4) is 0 Å². The van der Waals surface area contributed by atoms with Gasteiger partial charge in [0, 0.05) is 16.4 Å². The summed E-state index contributed by atoms with van der Waals surface area (Å²) in [5.41, 5.74) is 8.79. The summed E-state index contributed by atoms with van der Waals surface area (Å²) in [6.45, 7) is 0. The Morgan fingerprint density at radius 3 is 2.62 bits per heavy atom. The molecule has 2 aromatic rings. The number of nitrogens with two attached hydrogens (primary N) is 1. The molecule has 0 amide bonds. The van der Waals surface area contributed by atoms with Gasteiger partial charge in [-0.15, -0.1) is 24.0 Å². The van der Waals surface area contributed by atoms with Gasteiger partial charge < -0.3 is 5.73 Å². The Hall–Kier alpha value is -2.10. The molecule has 1 aliphatic heterocycles. The zero-order valence-electron chi connectivity index (χ0n) is 14.4. The number of nitriles is 1. The van der Waals surface area contributed by atoms with Crippen molar-refractivity contribution in [3.8, 4) is 17.3 Å². The van der Waals surface area contributed by atoms with Gasteiger partial charge >= 0.3 is 0 Å². The molecule has 2 aliphatic rings. The minimum atomic E-state index is -0.318. The Morgan fingerprint density at radius 1 is 1.19 bits per heavy atom. The van der Waals surface area contributed by atoms with Crippen molar-refractivity contribution in [3.05, 3.63) is 51.3 Å². The first-order chi connectivity index (χ1) is 12.7. The predicted octanol–water partition coefficient (Wildman–Crippen LogP) is 4.88. The highest BCUT2D eigenvalue weighted by Crippen LogP contribution is 2.56. The van der Waals surface area contributed by atoms with Crippen molar-refractivity contribution in [2.45, 2.75) is 38.0 Å². The van der Waals surface area contributed by atoms with Crippen LogP contribution in [0.2, 0.25) is 0 Å². The molecule has 4 nitrogen and oxygen atoms in total. The molecular formula is C20H20N4S2. The number of nitrogens with zero attached hydrogens (tertiary/aromatic N) is 3. The van der Waals surface area contributed by atoms with Crippen molar-refractivity contribution >= 4 is 29.8 Å². The maximum absolute atomic E-state index is 9.83. The number of thiol groups is 1. The molecule has 6 heteroatoms. The highest BCUT2D eigenvalue weighted by Gasteiger charge is 2.50. The average molecular weight is 381 g/mol. The van der Waals surface area contributed by atoms with E-state index in [-0.39, 0.29) is 11.3 Å². The van der Waals surface area contributed by atoms with E-state index in [1.165, 1.54) is 6.42 Å². The first-order valence-electron chi connectivity index (χ1n) is 8.84. The number of hydrogen-bond donors (Lipinski definition) is 2. The molecule has 0 bridgehead atoms. The second-order valence-corrected chi connectivity index (χ2v) is 8.25. The van der Waals surface area contributed by atoms with Crippen molar-refractivity contribution in [1.29, 1.82) is 5.26 Å².